The van der Waals surface area contributed by atoms with E-state index < -0.39 is 29.8 Å². The predicted octanol–water partition coefficient (Wildman–Crippen LogP) is 2.75. The number of halogens is 1. The number of hydrogen-bond donors (Lipinski definition) is 1. The molecule has 0 bridgehead atoms. The molecule has 0 saturated carbocycles. The lowest BCUT2D eigenvalue weighted by molar-refractivity contribution is -0.145. The van der Waals surface area contributed by atoms with E-state index in [1.165, 1.54) is 0 Å². The Kier molecular flexibility index (Phi) is 4.32. The molecule has 1 aliphatic heterocycles. The van der Waals surface area contributed by atoms with Crippen LogP contribution in [0.25, 0.3) is 0 Å². The SMILES string of the molecule is CC(C)C1C(=O)NC(=O)N(C(C)c2ccccc2Cl)C1=O. The van der Waals surface area contributed by atoms with Gasteiger partial charge < -0.3 is 0 Å². The third kappa shape index (κ3) is 2.78. The summed E-state index contributed by atoms with van der Waals surface area (Å²) in [5, 5.41) is 2.72. The maximum absolute atomic E-state index is 12.5. The highest BCUT2D eigenvalue weighted by molar-refractivity contribution is 6.31. The van der Waals surface area contributed by atoms with Crippen molar-refractivity contribution in [3.8, 4) is 0 Å². The molecule has 1 aliphatic rings. The van der Waals surface area contributed by atoms with E-state index in [0.29, 0.717) is 10.6 Å². The Balaban J connectivity index is 2.37. The van der Waals surface area contributed by atoms with E-state index >= 15 is 0 Å². The quantitative estimate of drug-likeness (QED) is 0.873. The highest BCUT2D eigenvalue weighted by atomic mass is 35.5. The summed E-state index contributed by atoms with van der Waals surface area (Å²) in [6.07, 6.45) is 0. The van der Waals surface area contributed by atoms with Crippen LogP contribution in [-0.2, 0) is 9.59 Å². The number of benzene rings is 1. The Morgan fingerprint density at radius 3 is 2.33 bits per heavy atom. The molecule has 5 nitrogen and oxygen atoms in total. The molecule has 0 aliphatic carbocycles. The Bertz CT molecular complexity index is 600. The van der Waals surface area contributed by atoms with Crippen LogP contribution < -0.4 is 5.32 Å². The van der Waals surface area contributed by atoms with E-state index in [0.717, 1.165) is 4.90 Å². The van der Waals surface area contributed by atoms with Crippen LogP contribution >= 0.6 is 11.6 Å². The first-order valence-corrected chi connectivity index (χ1v) is 7.14. The van der Waals surface area contributed by atoms with Gasteiger partial charge in [-0.05, 0) is 24.5 Å². The largest absolute Gasteiger partial charge is 0.331 e. The van der Waals surface area contributed by atoms with Gasteiger partial charge >= 0.3 is 6.03 Å². The van der Waals surface area contributed by atoms with Gasteiger partial charge in [0.1, 0.15) is 5.92 Å². The molecule has 2 atom stereocenters. The molecule has 0 spiro atoms. The van der Waals surface area contributed by atoms with Gasteiger partial charge in [-0.2, -0.15) is 0 Å². The molecule has 4 amide bonds. The summed E-state index contributed by atoms with van der Waals surface area (Å²) in [5.74, 6) is -2.06. The molecule has 1 N–H and O–H groups in total. The smallest absolute Gasteiger partial charge is 0.277 e. The van der Waals surface area contributed by atoms with Gasteiger partial charge in [0, 0.05) is 5.02 Å². The average molecular weight is 309 g/mol. The van der Waals surface area contributed by atoms with Gasteiger partial charge in [0.15, 0.2) is 0 Å². The molecule has 2 unspecified atom stereocenters. The van der Waals surface area contributed by atoms with E-state index in [9.17, 15) is 14.4 Å². The molecule has 0 aromatic heterocycles. The second-order valence-corrected chi connectivity index (χ2v) is 5.83. The second-order valence-electron chi connectivity index (χ2n) is 5.42. The number of rotatable bonds is 3. The Labute approximate surface area is 128 Å². The van der Waals surface area contributed by atoms with Gasteiger partial charge in [0.25, 0.3) is 0 Å². The van der Waals surface area contributed by atoms with Crippen molar-refractivity contribution in [2.75, 3.05) is 0 Å². The van der Waals surface area contributed by atoms with E-state index in [4.69, 9.17) is 11.6 Å². The number of barbiturate groups is 1. The lowest BCUT2D eigenvalue weighted by Crippen LogP contribution is -2.59. The summed E-state index contributed by atoms with van der Waals surface area (Å²) in [6, 6.07) is 5.78. The van der Waals surface area contributed by atoms with Crippen molar-refractivity contribution in [1.82, 2.24) is 10.2 Å². The van der Waals surface area contributed by atoms with Crippen molar-refractivity contribution < 1.29 is 14.4 Å². The number of carbonyl (C=O) groups is 3. The van der Waals surface area contributed by atoms with E-state index in [1.54, 1.807) is 45.0 Å². The van der Waals surface area contributed by atoms with Gasteiger partial charge in [0.05, 0.1) is 6.04 Å². The molecule has 0 radical (unpaired) electrons. The lowest BCUT2D eigenvalue weighted by Gasteiger charge is -2.35. The first-order valence-electron chi connectivity index (χ1n) is 6.77. The molecular formula is C15H17ClN2O3. The summed E-state index contributed by atoms with van der Waals surface area (Å²) >= 11 is 6.12. The fourth-order valence-corrected chi connectivity index (χ4v) is 2.81. The fraction of sp³-hybridized carbons (Fsp3) is 0.400. The van der Waals surface area contributed by atoms with Gasteiger partial charge in [-0.25, -0.2) is 4.79 Å². The molecule has 6 heteroatoms. The number of nitrogens with zero attached hydrogens (tertiary/aromatic N) is 1. The molecule has 1 heterocycles. The Hall–Kier alpha value is -1.88. The molecule has 112 valence electrons. The fourth-order valence-electron chi connectivity index (χ4n) is 2.51. The number of carbonyl (C=O) groups excluding carboxylic acids is 3. The topological polar surface area (TPSA) is 66.5 Å². The molecular weight excluding hydrogens is 292 g/mol. The maximum atomic E-state index is 12.5. The van der Waals surface area contributed by atoms with Crippen LogP contribution in [0.1, 0.15) is 32.4 Å². The molecule has 1 fully saturated rings. The van der Waals surface area contributed by atoms with Gasteiger partial charge in [-0.3, -0.25) is 19.8 Å². The third-order valence-corrected chi connectivity index (χ3v) is 3.99. The normalized spacial score (nSPS) is 20.7. The number of urea groups is 1. The molecule has 1 aromatic rings. The van der Waals surface area contributed by atoms with Crippen LogP contribution in [0.4, 0.5) is 4.79 Å². The number of nitrogens with one attached hydrogen (secondary N) is 1. The minimum absolute atomic E-state index is 0.188. The van der Waals surface area contributed by atoms with Crippen molar-refractivity contribution in [2.24, 2.45) is 11.8 Å². The minimum atomic E-state index is -0.854. The van der Waals surface area contributed by atoms with Crippen molar-refractivity contribution in [3.63, 3.8) is 0 Å². The van der Waals surface area contributed by atoms with E-state index in [1.807, 2.05) is 0 Å². The minimum Gasteiger partial charge on any atom is -0.277 e. The molecule has 2 rings (SSSR count). The summed E-state index contributed by atoms with van der Waals surface area (Å²) < 4.78 is 0. The van der Waals surface area contributed by atoms with Crippen LogP contribution in [0.3, 0.4) is 0 Å². The van der Waals surface area contributed by atoms with E-state index in [2.05, 4.69) is 5.32 Å². The van der Waals surface area contributed by atoms with Crippen LogP contribution in [-0.4, -0.2) is 22.7 Å². The van der Waals surface area contributed by atoms with Gasteiger partial charge in [-0.15, -0.1) is 0 Å². The van der Waals surface area contributed by atoms with Crippen molar-refractivity contribution >= 4 is 29.4 Å². The number of imide groups is 2. The van der Waals surface area contributed by atoms with Gasteiger partial charge in [0.2, 0.25) is 11.8 Å². The zero-order chi connectivity index (χ0) is 15.7. The standard InChI is InChI=1S/C15H17ClN2O3/c1-8(2)12-13(19)17-15(21)18(14(12)20)9(3)10-6-4-5-7-11(10)16/h4-9,12H,1-3H3,(H,17,19,21). The first kappa shape index (κ1) is 15.5. The third-order valence-electron chi connectivity index (χ3n) is 3.64. The highest BCUT2D eigenvalue weighted by Crippen LogP contribution is 2.31. The summed E-state index contributed by atoms with van der Waals surface area (Å²) in [7, 11) is 0. The molecule has 1 saturated heterocycles. The Morgan fingerprint density at radius 2 is 1.76 bits per heavy atom. The predicted molar refractivity (Wildman–Crippen MR) is 78.6 cm³/mol. The first-order chi connectivity index (χ1) is 9.84. The van der Waals surface area contributed by atoms with Crippen LogP contribution in [0.15, 0.2) is 24.3 Å². The molecule has 1 aromatic carbocycles. The van der Waals surface area contributed by atoms with Gasteiger partial charge in [-0.1, -0.05) is 43.6 Å². The Morgan fingerprint density at radius 1 is 1.14 bits per heavy atom. The lowest BCUT2D eigenvalue weighted by atomic mass is 9.91. The number of hydrogen-bond acceptors (Lipinski definition) is 3. The zero-order valence-corrected chi connectivity index (χ0v) is 12.8. The zero-order valence-electron chi connectivity index (χ0n) is 12.1. The maximum Gasteiger partial charge on any atom is 0.331 e. The second kappa shape index (κ2) is 5.85. The van der Waals surface area contributed by atoms with Crippen LogP contribution in [0, 0.1) is 11.8 Å². The summed E-state index contributed by atoms with van der Waals surface area (Å²) in [4.78, 5) is 37.5. The highest BCUT2D eigenvalue weighted by Gasteiger charge is 2.44. The van der Waals surface area contributed by atoms with E-state index in [-0.39, 0.29) is 5.92 Å². The van der Waals surface area contributed by atoms with Crippen molar-refractivity contribution in [1.29, 1.82) is 0 Å². The summed E-state index contributed by atoms with van der Waals surface area (Å²) in [5.41, 5.74) is 0.666. The van der Waals surface area contributed by atoms with Crippen molar-refractivity contribution in [2.45, 2.75) is 26.8 Å². The number of amides is 4. The van der Waals surface area contributed by atoms with Crippen LogP contribution in [0.2, 0.25) is 5.02 Å². The average Bonchev–Trinajstić information content (AvgIpc) is 2.37. The monoisotopic (exact) mass is 308 g/mol. The summed E-state index contributed by atoms with van der Waals surface area (Å²) in [6.45, 7) is 5.26. The molecule has 21 heavy (non-hydrogen) atoms. The van der Waals surface area contributed by atoms with Crippen LogP contribution in [0.5, 0.6) is 0 Å². The van der Waals surface area contributed by atoms with Crippen molar-refractivity contribution in [3.05, 3.63) is 34.9 Å².